The van der Waals surface area contributed by atoms with Crippen LogP contribution in [-0.4, -0.2) is 97.6 Å². The molecule has 230 valence electrons. The van der Waals surface area contributed by atoms with Gasteiger partial charge in [0, 0.05) is 0 Å². The number of nitrogens with two attached hydrogens (primary N) is 2. The van der Waals surface area contributed by atoms with Gasteiger partial charge in [-0.1, -0.05) is 12.2 Å². The maximum atomic E-state index is 13.3. The Bertz CT molecular complexity index is 1810. The molecule has 3 fully saturated rings. The standard InChI is InChI=1S/C19H22N10O10P2S2/c20-13-7-15(24-2-22-13)28(4-26-7)17-9(30)11-6(35-17)1-34-40(32,42)38-12-10(31)18(36-19(12)39-41(33,43)37-11)29-5-27-8-14(21)23-3-25-16(8)29/h2-6,9-12,17-19,30-31H,1H2,(H,32,42)(H,33,43)(H2,20,22,24)(H2,21,23,25)/t6-,9+,10+,11?,12?,17-,18-,19-,40?,41?/m1/s1. The molecule has 24 heteroatoms. The Morgan fingerprint density at radius 1 is 0.860 bits per heavy atom. The molecule has 7 rings (SSSR count). The molecular weight excluding hydrogens is 654 g/mol. The highest BCUT2D eigenvalue weighted by atomic mass is 32.7. The Labute approximate surface area is 250 Å². The number of nitrogen functional groups attached to an aromatic ring is 2. The fourth-order valence-electron chi connectivity index (χ4n) is 5.03. The van der Waals surface area contributed by atoms with Crippen molar-refractivity contribution in [2.75, 3.05) is 18.1 Å². The number of imidazole rings is 2. The van der Waals surface area contributed by atoms with Crippen molar-refractivity contribution in [3.8, 4) is 0 Å². The van der Waals surface area contributed by atoms with E-state index in [4.69, 9.17) is 50.8 Å². The Balaban J connectivity index is 1.20. The van der Waals surface area contributed by atoms with Crippen LogP contribution in [-0.2, 0) is 43.9 Å². The minimum absolute atomic E-state index is 0.0799. The fourth-order valence-corrected chi connectivity index (χ4v) is 8.09. The molecule has 7 N–H and O–H groups in total. The summed E-state index contributed by atoms with van der Waals surface area (Å²) < 4.78 is 50.2. The minimum Gasteiger partial charge on any atom is -0.386 e. The minimum atomic E-state index is -4.32. The van der Waals surface area contributed by atoms with Gasteiger partial charge in [0.25, 0.3) is 0 Å². The lowest BCUT2D eigenvalue weighted by Crippen LogP contribution is -2.36. The number of rotatable bonds is 2. The van der Waals surface area contributed by atoms with E-state index >= 15 is 0 Å². The van der Waals surface area contributed by atoms with Crippen LogP contribution in [0.2, 0.25) is 0 Å². The zero-order valence-corrected chi connectivity index (χ0v) is 24.8. The number of aliphatic hydroxyl groups excluding tert-OH is 2. The molecule has 0 amide bonds. The molecule has 20 nitrogen and oxygen atoms in total. The molecule has 43 heavy (non-hydrogen) atoms. The molecular formula is C19H22N10O10P2S2. The Morgan fingerprint density at radius 3 is 2.02 bits per heavy atom. The van der Waals surface area contributed by atoms with Gasteiger partial charge >= 0.3 is 13.5 Å². The summed E-state index contributed by atoms with van der Waals surface area (Å²) in [6, 6.07) is 0. The molecule has 0 aromatic carbocycles. The van der Waals surface area contributed by atoms with Gasteiger partial charge in [0.05, 0.1) is 19.3 Å². The van der Waals surface area contributed by atoms with E-state index in [1.807, 2.05) is 0 Å². The zero-order valence-electron chi connectivity index (χ0n) is 21.3. The van der Waals surface area contributed by atoms with Gasteiger partial charge in [-0.05, 0) is 11.8 Å². The van der Waals surface area contributed by atoms with Crippen molar-refractivity contribution in [2.24, 2.45) is 0 Å². The van der Waals surface area contributed by atoms with Crippen molar-refractivity contribution in [1.29, 1.82) is 0 Å². The molecule has 4 unspecified atom stereocenters. The van der Waals surface area contributed by atoms with Crippen LogP contribution in [0.25, 0.3) is 22.3 Å². The van der Waals surface area contributed by atoms with E-state index in [0.717, 1.165) is 0 Å². The number of aromatic nitrogens is 8. The highest BCUT2D eigenvalue weighted by molar-refractivity contribution is 8.44. The molecule has 0 radical (unpaired) electrons. The quantitative estimate of drug-likeness (QED) is 0.114. The maximum absolute atomic E-state index is 13.3. The first kappa shape index (κ1) is 29.3. The zero-order chi connectivity index (χ0) is 30.3. The van der Waals surface area contributed by atoms with Gasteiger partial charge in [-0.2, -0.15) is 0 Å². The van der Waals surface area contributed by atoms with Crippen molar-refractivity contribution in [2.45, 2.75) is 49.3 Å². The predicted molar refractivity (Wildman–Crippen MR) is 149 cm³/mol. The smallest absolute Gasteiger partial charge is 0.386 e. The van der Waals surface area contributed by atoms with Crippen molar-refractivity contribution < 1.29 is 47.2 Å². The summed E-state index contributed by atoms with van der Waals surface area (Å²) in [6.07, 6.45) is -6.41. The molecule has 0 saturated carbocycles. The van der Waals surface area contributed by atoms with E-state index in [1.165, 1.54) is 34.4 Å². The molecule has 4 aromatic rings. The second-order valence-corrected chi connectivity index (χ2v) is 15.2. The second-order valence-electron chi connectivity index (χ2n) is 9.59. The maximum Gasteiger partial charge on any atom is 0.386 e. The van der Waals surface area contributed by atoms with E-state index in [1.54, 1.807) is 0 Å². The first-order valence-electron chi connectivity index (χ1n) is 12.3. The summed E-state index contributed by atoms with van der Waals surface area (Å²) >= 11 is 9.29. The van der Waals surface area contributed by atoms with Crippen LogP contribution in [0.15, 0.2) is 25.3 Å². The number of anilines is 2. The first-order chi connectivity index (χ1) is 20.4. The van der Waals surface area contributed by atoms with Gasteiger partial charge < -0.3 is 36.0 Å². The molecule has 3 aliphatic rings. The lowest BCUT2D eigenvalue weighted by atomic mass is 10.1. The Hall–Kier alpha value is -2.43. The SMILES string of the molecule is Nc1ncnc2c1ncn2[C@@H]1O[C@@H]2OP(O)(=S)OC3[C@@H](COP(=O)(S)OC2[C@@H]1O)O[C@@H](n1cnc2c(N)ncnc21)[C@H]3O. The van der Waals surface area contributed by atoms with E-state index in [-0.39, 0.29) is 34.0 Å². The normalized spacial score (nSPS) is 38.6. The van der Waals surface area contributed by atoms with Gasteiger partial charge in [0.1, 0.15) is 54.2 Å². The van der Waals surface area contributed by atoms with Gasteiger partial charge in [-0.3, -0.25) is 27.2 Å². The van der Waals surface area contributed by atoms with Crippen LogP contribution >= 0.6 is 25.8 Å². The lowest BCUT2D eigenvalue weighted by molar-refractivity contribution is -0.129. The molecule has 3 saturated heterocycles. The Morgan fingerprint density at radius 2 is 1.42 bits per heavy atom. The molecule has 3 aliphatic heterocycles. The Kier molecular flexibility index (Phi) is 7.21. The van der Waals surface area contributed by atoms with Crippen LogP contribution in [0.5, 0.6) is 0 Å². The summed E-state index contributed by atoms with van der Waals surface area (Å²) in [6.45, 7) is -9.14. The average molecular weight is 677 g/mol. The monoisotopic (exact) mass is 676 g/mol. The van der Waals surface area contributed by atoms with Gasteiger partial charge in [-0.25, -0.2) is 34.5 Å². The van der Waals surface area contributed by atoms with E-state index in [2.05, 4.69) is 42.2 Å². The topological polar surface area (TPSA) is 272 Å². The predicted octanol–water partition coefficient (Wildman–Crippen LogP) is -0.623. The fraction of sp³-hybridized carbons (Fsp3) is 0.474. The molecule has 4 aromatic heterocycles. The number of fused-ring (bicyclic) bond motifs is 4. The highest BCUT2D eigenvalue weighted by Gasteiger charge is 2.55. The number of hydrogen-bond donors (Lipinski definition) is 6. The molecule has 0 aliphatic carbocycles. The molecule has 0 bridgehead atoms. The number of nitrogens with zero attached hydrogens (tertiary/aromatic N) is 8. The number of hydrogen-bond acceptors (Lipinski definition) is 18. The third-order valence-electron chi connectivity index (χ3n) is 6.95. The summed E-state index contributed by atoms with van der Waals surface area (Å²) in [5.41, 5.74) is 12.6. The summed E-state index contributed by atoms with van der Waals surface area (Å²) in [5.74, 6) is 0.181. The van der Waals surface area contributed by atoms with Crippen LogP contribution in [0.3, 0.4) is 0 Å². The number of aliphatic hydroxyl groups is 2. The molecule has 0 spiro atoms. The summed E-state index contributed by atoms with van der Waals surface area (Å²) in [5, 5.41) is 22.5. The first-order valence-corrected chi connectivity index (χ1v) is 17.6. The lowest BCUT2D eigenvalue weighted by Gasteiger charge is -2.27. The average Bonchev–Trinajstić information content (AvgIpc) is 3.70. The van der Waals surface area contributed by atoms with Gasteiger partial charge in [-0.15, -0.1) is 0 Å². The second kappa shape index (κ2) is 10.6. The number of ether oxygens (including phenoxy) is 2. The number of thiol groups is 1. The summed E-state index contributed by atoms with van der Waals surface area (Å²) in [4.78, 5) is 35.5. The van der Waals surface area contributed by atoms with Crippen LogP contribution in [0.1, 0.15) is 12.5 Å². The van der Waals surface area contributed by atoms with E-state index < -0.39 is 69.4 Å². The third-order valence-corrected chi connectivity index (χ3v) is 10.1. The van der Waals surface area contributed by atoms with Gasteiger partial charge in [0.2, 0.25) is 0 Å². The van der Waals surface area contributed by atoms with Crippen LogP contribution < -0.4 is 11.5 Å². The van der Waals surface area contributed by atoms with E-state index in [9.17, 15) is 19.7 Å². The molecule has 7 heterocycles. The highest BCUT2D eigenvalue weighted by Crippen LogP contribution is 2.60. The van der Waals surface area contributed by atoms with Crippen LogP contribution in [0, 0.1) is 0 Å². The third kappa shape index (κ3) is 5.11. The molecule has 10 atom stereocenters. The van der Waals surface area contributed by atoms with Crippen molar-refractivity contribution in [3.63, 3.8) is 0 Å². The van der Waals surface area contributed by atoms with Gasteiger partial charge in [0.15, 0.2) is 41.7 Å². The van der Waals surface area contributed by atoms with E-state index in [0.29, 0.717) is 0 Å². The van der Waals surface area contributed by atoms with Crippen molar-refractivity contribution in [1.82, 2.24) is 39.0 Å². The van der Waals surface area contributed by atoms with Crippen molar-refractivity contribution in [3.05, 3.63) is 25.3 Å². The van der Waals surface area contributed by atoms with Crippen LogP contribution in [0.4, 0.5) is 11.6 Å². The summed E-state index contributed by atoms with van der Waals surface area (Å²) in [7, 11) is 0. The largest absolute Gasteiger partial charge is 0.386 e. The van der Waals surface area contributed by atoms with Crippen molar-refractivity contribution >= 4 is 71.5 Å².